The lowest BCUT2D eigenvalue weighted by atomic mass is 10.1. The number of thioether (sulfide) groups is 1. The van der Waals surface area contributed by atoms with Crippen molar-refractivity contribution in [2.45, 2.75) is 37.5 Å². The number of fused-ring (bicyclic) bond motifs is 1. The second-order valence-corrected chi connectivity index (χ2v) is 7.54. The van der Waals surface area contributed by atoms with Crippen molar-refractivity contribution < 1.29 is 18.7 Å². The Morgan fingerprint density at radius 3 is 2.81 bits per heavy atom. The zero-order valence-electron chi connectivity index (χ0n) is 14.2. The average molecular weight is 373 g/mol. The van der Waals surface area contributed by atoms with Crippen LogP contribution in [0.25, 0.3) is 0 Å². The Morgan fingerprint density at radius 2 is 2.04 bits per heavy atom. The van der Waals surface area contributed by atoms with Crippen molar-refractivity contribution >= 4 is 17.7 Å². The molecule has 1 heterocycles. The van der Waals surface area contributed by atoms with E-state index in [1.165, 1.54) is 23.9 Å². The van der Waals surface area contributed by atoms with E-state index in [1.807, 2.05) is 30.3 Å². The highest BCUT2D eigenvalue weighted by Crippen LogP contribution is 2.37. The summed E-state index contributed by atoms with van der Waals surface area (Å²) in [6.45, 7) is 0.298. The molecule has 0 aromatic heterocycles. The van der Waals surface area contributed by atoms with Crippen molar-refractivity contribution in [3.63, 3.8) is 0 Å². The van der Waals surface area contributed by atoms with E-state index in [-0.39, 0.29) is 11.7 Å². The summed E-state index contributed by atoms with van der Waals surface area (Å²) in [7, 11) is 0. The summed E-state index contributed by atoms with van der Waals surface area (Å²) in [5, 5.41) is 2.96. The number of amides is 1. The summed E-state index contributed by atoms with van der Waals surface area (Å²) < 4.78 is 25.7. The van der Waals surface area contributed by atoms with Gasteiger partial charge in [-0.2, -0.15) is 0 Å². The second kappa shape index (κ2) is 7.68. The highest BCUT2D eigenvalue weighted by Gasteiger charge is 2.26. The first-order valence-electron chi connectivity index (χ1n) is 8.70. The van der Waals surface area contributed by atoms with Crippen molar-refractivity contribution in [3.8, 4) is 5.75 Å². The number of halogens is 1. The van der Waals surface area contributed by atoms with Crippen molar-refractivity contribution in [2.75, 3.05) is 5.75 Å². The molecule has 0 bridgehead atoms. The predicted molar refractivity (Wildman–Crippen MR) is 98.3 cm³/mol. The fourth-order valence-corrected chi connectivity index (χ4v) is 3.71. The molecular weight excluding hydrogens is 353 g/mol. The first-order chi connectivity index (χ1) is 12.7. The maximum absolute atomic E-state index is 13.9. The van der Waals surface area contributed by atoms with Crippen LogP contribution >= 0.6 is 11.8 Å². The van der Waals surface area contributed by atoms with Crippen LogP contribution in [0, 0.1) is 5.82 Å². The Kier molecular flexibility index (Phi) is 5.13. The molecule has 1 aliphatic heterocycles. The summed E-state index contributed by atoms with van der Waals surface area (Å²) in [5.74, 6) is 1.27. The van der Waals surface area contributed by atoms with Crippen LogP contribution < -0.4 is 10.1 Å². The molecule has 136 valence electrons. The number of carbonyl (C=O) groups is 1. The van der Waals surface area contributed by atoms with Gasteiger partial charge in [0.1, 0.15) is 11.6 Å². The summed E-state index contributed by atoms with van der Waals surface area (Å²) in [6, 6.07) is 13.0. The van der Waals surface area contributed by atoms with Crippen LogP contribution in [0.15, 0.2) is 42.5 Å². The van der Waals surface area contributed by atoms with Gasteiger partial charge in [-0.25, -0.2) is 4.39 Å². The standard InChI is InChI=1S/C20H20FNO3S/c21-16-8-14-10-24-20(13-4-2-1-3-5-13)25-19(14)15(9-16)11-26-12-18(23)22-17-6-7-17/h1-5,8-9,17,20H,6-7,10-12H2,(H,22,23)/t20-/m1/s1. The van der Waals surface area contributed by atoms with Crippen LogP contribution in [0.1, 0.15) is 35.8 Å². The van der Waals surface area contributed by atoms with E-state index in [1.54, 1.807) is 0 Å². The van der Waals surface area contributed by atoms with Crippen molar-refractivity contribution in [3.05, 3.63) is 65.0 Å². The monoisotopic (exact) mass is 373 g/mol. The summed E-state index contributed by atoms with van der Waals surface area (Å²) in [6.07, 6.45) is 1.64. The third-order valence-electron chi connectivity index (χ3n) is 4.33. The van der Waals surface area contributed by atoms with Gasteiger partial charge in [-0.1, -0.05) is 30.3 Å². The molecule has 1 saturated carbocycles. The first kappa shape index (κ1) is 17.4. The quantitative estimate of drug-likeness (QED) is 0.833. The van der Waals surface area contributed by atoms with E-state index >= 15 is 0 Å². The number of hydrogen-bond donors (Lipinski definition) is 1. The fraction of sp³-hybridized carbons (Fsp3) is 0.350. The van der Waals surface area contributed by atoms with Crippen molar-refractivity contribution in [2.24, 2.45) is 0 Å². The lowest BCUT2D eigenvalue weighted by Crippen LogP contribution is -2.27. The topological polar surface area (TPSA) is 47.6 Å². The van der Waals surface area contributed by atoms with Gasteiger partial charge in [-0.3, -0.25) is 4.79 Å². The Labute approximate surface area is 156 Å². The summed E-state index contributed by atoms with van der Waals surface area (Å²) >= 11 is 1.46. The molecule has 6 heteroatoms. The van der Waals surface area contributed by atoms with Gasteiger partial charge in [0.05, 0.1) is 12.4 Å². The smallest absolute Gasteiger partial charge is 0.230 e. The first-order valence-corrected chi connectivity index (χ1v) is 9.86. The Balaban J connectivity index is 1.45. The highest BCUT2D eigenvalue weighted by molar-refractivity contribution is 7.99. The molecule has 0 saturated heterocycles. The molecule has 1 atom stereocenters. The molecule has 2 aromatic rings. The lowest BCUT2D eigenvalue weighted by molar-refractivity contribution is -0.118. The van der Waals surface area contributed by atoms with Gasteiger partial charge in [0, 0.05) is 28.5 Å². The van der Waals surface area contributed by atoms with Gasteiger partial charge < -0.3 is 14.8 Å². The van der Waals surface area contributed by atoms with Crippen LogP contribution in [-0.2, 0) is 21.9 Å². The molecular formula is C20H20FNO3S. The molecule has 1 amide bonds. The van der Waals surface area contributed by atoms with Gasteiger partial charge >= 0.3 is 0 Å². The number of hydrogen-bond acceptors (Lipinski definition) is 4. The average Bonchev–Trinajstić information content (AvgIpc) is 3.46. The molecule has 0 unspecified atom stereocenters. The molecule has 1 aliphatic carbocycles. The molecule has 0 radical (unpaired) electrons. The van der Waals surface area contributed by atoms with E-state index in [4.69, 9.17) is 9.47 Å². The zero-order valence-corrected chi connectivity index (χ0v) is 15.1. The molecule has 0 spiro atoms. The van der Waals surface area contributed by atoms with Crippen LogP contribution in [-0.4, -0.2) is 17.7 Å². The second-order valence-electron chi connectivity index (χ2n) is 6.56. The maximum Gasteiger partial charge on any atom is 0.230 e. The van der Waals surface area contributed by atoms with E-state index in [0.29, 0.717) is 35.5 Å². The number of carbonyl (C=O) groups excluding carboxylic acids is 1. The maximum atomic E-state index is 13.9. The minimum Gasteiger partial charge on any atom is -0.460 e. The van der Waals surface area contributed by atoms with Gasteiger partial charge in [0.15, 0.2) is 0 Å². The lowest BCUT2D eigenvalue weighted by Gasteiger charge is -2.28. The van der Waals surface area contributed by atoms with Crippen LogP contribution in [0.5, 0.6) is 5.75 Å². The minimum absolute atomic E-state index is 0.0363. The third-order valence-corrected chi connectivity index (χ3v) is 5.31. The number of nitrogens with one attached hydrogen (secondary N) is 1. The predicted octanol–water partition coefficient (Wildman–Crippen LogP) is 3.95. The number of benzene rings is 2. The van der Waals surface area contributed by atoms with E-state index in [0.717, 1.165) is 24.0 Å². The Hall–Kier alpha value is -2.05. The summed E-state index contributed by atoms with van der Waals surface area (Å²) in [5.41, 5.74) is 2.38. The van der Waals surface area contributed by atoms with Gasteiger partial charge in [-0.15, -0.1) is 11.8 Å². The summed E-state index contributed by atoms with van der Waals surface area (Å²) in [4.78, 5) is 11.8. The Bertz CT molecular complexity index is 795. The fourth-order valence-electron chi connectivity index (χ4n) is 2.91. The number of rotatable bonds is 6. The van der Waals surface area contributed by atoms with E-state index in [2.05, 4.69) is 5.32 Å². The van der Waals surface area contributed by atoms with Crippen molar-refractivity contribution in [1.29, 1.82) is 0 Å². The van der Waals surface area contributed by atoms with Gasteiger partial charge in [0.2, 0.25) is 12.2 Å². The number of ether oxygens (including phenoxy) is 2. The molecule has 4 nitrogen and oxygen atoms in total. The highest BCUT2D eigenvalue weighted by atomic mass is 32.2. The van der Waals surface area contributed by atoms with E-state index in [9.17, 15) is 9.18 Å². The molecule has 2 aromatic carbocycles. The molecule has 1 N–H and O–H groups in total. The third kappa shape index (κ3) is 4.19. The molecule has 1 fully saturated rings. The SMILES string of the molecule is O=C(CSCc1cc(F)cc2c1O[C@H](c1ccccc1)OC2)NC1CC1. The minimum atomic E-state index is -0.504. The van der Waals surface area contributed by atoms with Gasteiger partial charge in [-0.05, 0) is 25.0 Å². The molecule has 4 rings (SSSR count). The van der Waals surface area contributed by atoms with Crippen molar-refractivity contribution in [1.82, 2.24) is 5.32 Å². The van der Waals surface area contributed by atoms with Crippen LogP contribution in [0.3, 0.4) is 0 Å². The molecule has 26 heavy (non-hydrogen) atoms. The molecule has 2 aliphatic rings. The Morgan fingerprint density at radius 1 is 1.23 bits per heavy atom. The normalized spacial score (nSPS) is 18.7. The zero-order chi connectivity index (χ0) is 17.9. The van der Waals surface area contributed by atoms with Crippen LogP contribution in [0.4, 0.5) is 4.39 Å². The van der Waals surface area contributed by atoms with E-state index < -0.39 is 6.29 Å². The largest absolute Gasteiger partial charge is 0.460 e. The van der Waals surface area contributed by atoms with Gasteiger partial charge in [0.25, 0.3) is 0 Å². The van der Waals surface area contributed by atoms with Crippen LogP contribution in [0.2, 0.25) is 0 Å².